The molecule has 0 saturated carbocycles. The average molecular weight is 392 g/mol. The Labute approximate surface area is 169 Å². The highest BCUT2D eigenvalue weighted by atomic mass is 16.5. The first-order valence-electron chi connectivity index (χ1n) is 9.73. The zero-order chi connectivity index (χ0) is 20.2. The van der Waals surface area contributed by atoms with E-state index in [1.54, 1.807) is 19.5 Å². The summed E-state index contributed by atoms with van der Waals surface area (Å²) in [5.41, 5.74) is 1.58. The van der Waals surface area contributed by atoms with Crippen molar-refractivity contribution in [2.24, 2.45) is 0 Å². The topological polar surface area (TPSA) is 83.5 Å². The molecule has 0 spiro atoms. The molecule has 2 aromatic heterocycles. The van der Waals surface area contributed by atoms with Crippen LogP contribution in [0.15, 0.2) is 42.7 Å². The van der Waals surface area contributed by atoms with Crippen LogP contribution in [0, 0.1) is 0 Å². The summed E-state index contributed by atoms with van der Waals surface area (Å²) >= 11 is 0. The summed E-state index contributed by atoms with van der Waals surface area (Å²) in [7, 11) is 1.65. The third kappa shape index (κ3) is 4.06. The van der Waals surface area contributed by atoms with E-state index in [1.165, 1.54) is 0 Å². The summed E-state index contributed by atoms with van der Waals surface area (Å²) in [4.78, 5) is 29.6. The Morgan fingerprint density at radius 3 is 2.52 bits per heavy atom. The number of benzene rings is 1. The van der Waals surface area contributed by atoms with Crippen LogP contribution in [-0.2, 0) is 4.79 Å². The molecule has 0 atom stereocenters. The number of piperazine rings is 1. The number of rotatable bonds is 5. The van der Waals surface area contributed by atoms with Crippen LogP contribution in [0.1, 0.15) is 13.3 Å². The third-order valence-corrected chi connectivity index (χ3v) is 5.02. The molecule has 0 radical (unpaired) electrons. The number of amides is 1. The number of nitrogens with one attached hydrogen (secondary N) is 1. The van der Waals surface area contributed by atoms with Crippen molar-refractivity contribution in [3.05, 3.63) is 42.7 Å². The van der Waals surface area contributed by atoms with E-state index in [4.69, 9.17) is 9.72 Å². The Bertz CT molecular complexity index is 1000. The molecule has 3 heterocycles. The fraction of sp³-hybridized carbons (Fsp3) is 0.333. The highest BCUT2D eigenvalue weighted by Crippen LogP contribution is 2.31. The van der Waals surface area contributed by atoms with Gasteiger partial charge in [0.1, 0.15) is 11.6 Å². The standard InChI is InChI=1S/C21H24N6O2/c1-3-20(28)24-15-5-6-17-16(13-15)18(29-2)14-19(25-17)26-9-11-27(12-10-26)21-22-7-4-8-23-21/h4-8,13-14H,3,9-12H2,1-2H3,(H,24,28). The van der Waals surface area contributed by atoms with Gasteiger partial charge in [-0.25, -0.2) is 15.0 Å². The minimum Gasteiger partial charge on any atom is -0.496 e. The number of hydrogen-bond donors (Lipinski definition) is 1. The lowest BCUT2D eigenvalue weighted by atomic mass is 10.1. The highest BCUT2D eigenvalue weighted by molar-refractivity contribution is 5.95. The summed E-state index contributed by atoms with van der Waals surface area (Å²) in [6, 6.07) is 9.48. The number of fused-ring (bicyclic) bond motifs is 1. The zero-order valence-electron chi connectivity index (χ0n) is 16.6. The van der Waals surface area contributed by atoms with Crippen LogP contribution in [0.5, 0.6) is 5.75 Å². The van der Waals surface area contributed by atoms with E-state index in [1.807, 2.05) is 37.3 Å². The van der Waals surface area contributed by atoms with Gasteiger partial charge in [-0.1, -0.05) is 6.92 Å². The van der Waals surface area contributed by atoms with Crippen LogP contribution in [0.3, 0.4) is 0 Å². The van der Waals surface area contributed by atoms with Crippen molar-refractivity contribution in [3.63, 3.8) is 0 Å². The Morgan fingerprint density at radius 2 is 1.83 bits per heavy atom. The maximum absolute atomic E-state index is 11.7. The largest absolute Gasteiger partial charge is 0.496 e. The van der Waals surface area contributed by atoms with Crippen LogP contribution in [-0.4, -0.2) is 54.1 Å². The molecular weight excluding hydrogens is 368 g/mol. The van der Waals surface area contributed by atoms with Crippen molar-refractivity contribution in [3.8, 4) is 5.75 Å². The van der Waals surface area contributed by atoms with E-state index in [0.717, 1.165) is 60.3 Å². The van der Waals surface area contributed by atoms with Crippen molar-refractivity contribution in [2.75, 3.05) is 48.4 Å². The van der Waals surface area contributed by atoms with Crippen molar-refractivity contribution in [2.45, 2.75) is 13.3 Å². The van der Waals surface area contributed by atoms with E-state index in [-0.39, 0.29) is 5.91 Å². The summed E-state index contributed by atoms with van der Waals surface area (Å²) in [5.74, 6) is 2.37. The molecule has 1 N–H and O–H groups in total. The third-order valence-electron chi connectivity index (χ3n) is 5.02. The van der Waals surface area contributed by atoms with Crippen LogP contribution in [0.2, 0.25) is 0 Å². The first kappa shape index (κ1) is 18.9. The number of nitrogens with zero attached hydrogens (tertiary/aromatic N) is 5. The number of hydrogen-bond acceptors (Lipinski definition) is 7. The molecule has 3 aromatic rings. The normalized spacial score (nSPS) is 14.1. The highest BCUT2D eigenvalue weighted by Gasteiger charge is 2.21. The Balaban J connectivity index is 1.55. The second kappa shape index (κ2) is 8.30. The molecule has 1 aliphatic heterocycles. The number of methoxy groups -OCH3 is 1. The van der Waals surface area contributed by atoms with Crippen LogP contribution in [0.25, 0.3) is 10.9 Å². The molecule has 1 aromatic carbocycles. The van der Waals surface area contributed by atoms with E-state index in [2.05, 4.69) is 25.1 Å². The molecule has 1 fully saturated rings. The lowest BCUT2D eigenvalue weighted by Gasteiger charge is -2.35. The van der Waals surface area contributed by atoms with Gasteiger partial charge in [0, 0.05) is 62.1 Å². The van der Waals surface area contributed by atoms with Gasteiger partial charge in [-0.3, -0.25) is 4.79 Å². The second-order valence-corrected chi connectivity index (χ2v) is 6.84. The van der Waals surface area contributed by atoms with Crippen LogP contribution < -0.4 is 19.9 Å². The molecule has 1 aliphatic rings. The molecule has 1 saturated heterocycles. The van der Waals surface area contributed by atoms with Gasteiger partial charge >= 0.3 is 0 Å². The minimum absolute atomic E-state index is 0.0202. The van der Waals surface area contributed by atoms with E-state index >= 15 is 0 Å². The zero-order valence-corrected chi connectivity index (χ0v) is 16.6. The molecule has 0 bridgehead atoms. The maximum atomic E-state index is 11.7. The molecular formula is C21H24N6O2. The van der Waals surface area contributed by atoms with Crippen LogP contribution in [0.4, 0.5) is 17.5 Å². The predicted molar refractivity (Wildman–Crippen MR) is 114 cm³/mol. The molecule has 0 unspecified atom stereocenters. The molecule has 8 heteroatoms. The van der Waals surface area contributed by atoms with Gasteiger partial charge in [0.2, 0.25) is 11.9 Å². The van der Waals surface area contributed by atoms with Gasteiger partial charge < -0.3 is 19.9 Å². The summed E-state index contributed by atoms with van der Waals surface area (Å²) in [6.45, 7) is 5.13. The quantitative estimate of drug-likeness (QED) is 0.715. The summed E-state index contributed by atoms with van der Waals surface area (Å²) in [5, 5.41) is 3.76. The number of ether oxygens (including phenoxy) is 1. The summed E-state index contributed by atoms with van der Waals surface area (Å²) < 4.78 is 5.63. The van der Waals surface area contributed by atoms with Crippen molar-refractivity contribution in [1.29, 1.82) is 0 Å². The first-order chi connectivity index (χ1) is 14.2. The smallest absolute Gasteiger partial charge is 0.225 e. The van der Waals surface area contributed by atoms with E-state index < -0.39 is 0 Å². The van der Waals surface area contributed by atoms with Crippen molar-refractivity contribution < 1.29 is 9.53 Å². The predicted octanol–water partition coefficient (Wildman–Crippen LogP) is 2.71. The van der Waals surface area contributed by atoms with Gasteiger partial charge in [0.15, 0.2) is 0 Å². The number of pyridine rings is 1. The Kier molecular flexibility index (Phi) is 5.41. The Morgan fingerprint density at radius 1 is 1.10 bits per heavy atom. The lowest BCUT2D eigenvalue weighted by molar-refractivity contribution is -0.115. The number of anilines is 3. The summed E-state index contributed by atoms with van der Waals surface area (Å²) in [6.07, 6.45) is 3.97. The van der Waals surface area contributed by atoms with E-state index in [0.29, 0.717) is 6.42 Å². The lowest BCUT2D eigenvalue weighted by Crippen LogP contribution is -2.47. The number of aromatic nitrogens is 3. The number of carbonyl (C=O) groups excluding carboxylic acids is 1. The van der Waals surface area contributed by atoms with Gasteiger partial charge in [0.05, 0.1) is 12.6 Å². The fourth-order valence-electron chi connectivity index (χ4n) is 3.43. The maximum Gasteiger partial charge on any atom is 0.225 e. The van der Waals surface area contributed by atoms with E-state index in [9.17, 15) is 4.79 Å². The monoisotopic (exact) mass is 392 g/mol. The first-order valence-corrected chi connectivity index (χ1v) is 9.73. The van der Waals surface area contributed by atoms with Crippen molar-refractivity contribution >= 4 is 34.3 Å². The van der Waals surface area contributed by atoms with Gasteiger partial charge in [-0.05, 0) is 24.3 Å². The van der Waals surface area contributed by atoms with Gasteiger partial charge in [-0.15, -0.1) is 0 Å². The average Bonchev–Trinajstić information content (AvgIpc) is 2.79. The van der Waals surface area contributed by atoms with Crippen LogP contribution >= 0.6 is 0 Å². The Hall–Kier alpha value is -3.42. The second-order valence-electron chi connectivity index (χ2n) is 6.84. The fourth-order valence-corrected chi connectivity index (χ4v) is 3.43. The molecule has 1 amide bonds. The van der Waals surface area contributed by atoms with Gasteiger partial charge in [-0.2, -0.15) is 0 Å². The SMILES string of the molecule is CCC(=O)Nc1ccc2nc(N3CCN(c4ncccn4)CC3)cc(OC)c2c1. The molecule has 8 nitrogen and oxygen atoms in total. The van der Waals surface area contributed by atoms with Gasteiger partial charge in [0.25, 0.3) is 0 Å². The number of carbonyl (C=O) groups is 1. The molecule has 29 heavy (non-hydrogen) atoms. The van der Waals surface area contributed by atoms with Crippen molar-refractivity contribution in [1.82, 2.24) is 15.0 Å². The molecule has 0 aliphatic carbocycles. The molecule has 150 valence electrons. The molecule has 4 rings (SSSR count). The minimum atomic E-state index is -0.0202.